The van der Waals surface area contributed by atoms with Crippen LogP contribution in [0.15, 0.2) is 89.2 Å². The van der Waals surface area contributed by atoms with Crippen LogP contribution in [0.4, 0.5) is 17.1 Å². The Hall–Kier alpha value is -4.11. The topological polar surface area (TPSA) is 104 Å². The summed E-state index contributed by atoms with van der Waals surface area (Å²) in [7, 11) is 0. The number of nitro groups is 2. The van der Waals surface area contributed by atoms with E-state index >= 15 is 0 Å². The second-order valence-corrected chi connectivity index (χ2v) is 7.47. The van der Waals surface area contributed by atoms with E-state index in [1.807, 2.05) is 40.3 Å². The molecule has 0 spiro atoms. The lowest BCUT2D eigenvalue weighted by atomic mass is 10.1. The number of para-hydroxylation sites is 2. The van der Waals surface area contributed by atoms with Crippen molar-refractivity contribution in [1.29, 1.82) is 0 Å². The van der Waals surface area contributed by atoms with Crippen molar-refractivity contribution in [3.8, 4) is 11.3 Å². The monoisotopic (exact) mass is 432 g/mol. The van der Waals surface area contributed by atoms with Gasteiger partial charge in [-0.15, -0.1) is 11.3 Å². The van der Waals surface area contributed by atoms with Gasteiger partial charge in [-0.2, -0.15) is 0 Å². The normalized spacial score (nSPS) is 11.4. The van der Waals surface area contributed by atoms with Crippen LogP contribution in [0.25, 0.3) is 11.3 Å². The third kappa shape index (κ3) is 4.41. The Morgan fingerprint density at radius 3 is 2.19 bits per heavy atom. The van der Waals surface area contributed by atoms with Crippen LogP contribution >= 0.6 is 11.3 Å². The van der Waals surface area contributed by atoms with Crippen LogP contribution in [0.5, 0.6) is 0 Å². The Morgan fingerprint density at radius 1 is 0.839 bits per heavy atom. The van der Waals surface area contributed by atoms with Gasteiger partial charge in [0.2, 0.25) is 0 Å². The fraction of sp³-hybridized carbons (Fsp3) is 0.0455. The van der Waals surface area contributed by atoms with E-state index in [0.717, 1.165) is 16.8 Å². The van der Waals surface area contributed by atoms with Crippen molar-refractivity contribution in [2.45, 2.75) is 6.54 Å². The first-order chi connectivity index (χ1) is 15.0. The summed E-state index contributed by atoms with van der Waals surface area (Å²) < 4.78 is 1.96. The van der Waals surface area contributed by atoms with Gasteiger partial charge in [0, 0.05) is 23.6 Å². The minimum absolute atomic E-state index is 0.0124. The zero-order chi connectivity index (χ0) is 21.8. The van der Waals surface area contributed by atoms with Crippen molar-refractivity contribution in [2.24, 2.45) is 4.99 Å². The maximum absolute atomic E-state index is 11.4. The molecule has 0 amide bonds. The molecule has 0 radical (unpaired) electrons. The molecule has 3 aromatic carbocycles. The average molecular weight is 432 g/mol. The molecular formula is C22H16N4O4S. The standard InChI is InChI=1S/C22H16N4O4S/c27-25(28)18-12-10-17(11-13-18)21-15-31-22(24(21)14-16-6-2-1-3-7-16)23-19-8-4-5-9-20(19)26(29)30/h1-13,15H,14H2. The third-order valence-corrected chi connectivity index (χ3v) is 5.51. The first-order valence-electron chi connectivity index (χ1n) is 9.28. The van der Waals surface area contributed by atoms with E-state index in [1.54, 1.807) is 30.3 Å². The number of benzene rings is 3. The molecule has 0 fully saturated rings. The highest BCUT2D eigenvalue weighted by atomic mass is 32.1. The quantitative estimate of drug-likeness (QED) is 0.304. The average Bonchev–Trinajstić information content (AvgIpc) is 3.16. The molecule has 0 saturated carbocycles. The Kier molecular flexibility index (Phi) is 5.67. The number of hydrogen-bond acceptors (Lipinski definition) is 6. The molecule has 31 heavy (non-hydrogen) atoms. The summed E-state index contributed by atoms with van der Waals surface area (Å²) in [6.07, 6.45) is 0. The maximum atomic E-state index is 11.4. The van der Waals surface area contributed by atoms with E-state index in [0.29, 0.717) is 11.3 Å². The Bertz CT molecular complexity index is 1310. The van der Waals surface area contributed by atoms with Crippen LogP contribution in [0.2, 0.25) is 0 Å². The van der Waals surface area contributed by atoms with Crippen molar-refractivity contribution in [3.05, 3.63) is 115 Å². The first kappa shape index (κ1) is 20.2. The Balaban J connectivity index is 1.87. The molecule has 0 unspecified atom stereocenters. The second kappa shape index (κ2) is 8.72. The molecule has 0 atom stereocenters. The molecule has 154 valence electrons. The minimum atomic E-state index is -0.453. The molecule has 0 bridgehead atoms. The van der Waals surface area contributed by atoms with Crippen LogP contribution in [0.1, 0.15) is 5.56 Å². The van der Waals surface area contributed by atoms with Gasteiger partial charge in [0.1, 0.15) is 5.69 Å². The molecule has 9 heteroatoms. The summed E-state index contributed by atoms with van der Waals surface area (Å²) in [6, 6.07) is 22.4. The van der Waals surface area contributed by atoms with Crippen LogP contribution in [-0.2, 0) is 6.54 Å². The van der Waals surface area contributed by atoms with E-state index in [1.165, 1.54) is 29.5 Å². The Morgan fingerprint density at radius 2 is 1.52 bits per heavy atom. The van der Waals surface area contributed by atoms with Crippen LogP contribution in [0.3, 0.4) is 0 Å². The molecule has 0 aliphatic carbocycles. The minimum Gasteiger partial charge on any atom is -0.312 e. The van der Waals surface area contributed by atoms with E-state index in [2.05, 4.69) is 4.99 Å². The predicted molar refractivity (Wildman–Crippen MR) is 118 cm³/mol. The summed E-state index contributed by atoms with van der Waals surface area (Å²) in [5, 5.41) is 24.3. The van der Waals surface area contributed by atoms with Gasteiger partial charge in [-0.1, -0.05) is 42.5 Å². The van der Waals surface area contributed by atoms with E-state index in [9.17, 15) is 20.2 Å². The molecule has 0 N–H and O–H groups in total. The lowest BCUT2D eigenvalue weighted by Gasteiger charge is -2.09. The molecular weight excluding hydrogens is 416 g/mol. The summed E-state index contributed by atoms with van der Waals surface area (Å²) in [4.78, 5) is 26.7. The Labute approximate surface area is 180 Å². The lowest BCUT2D eigenvalue weighted by Crippen LogP contribution is -2.16. The van der Waals surface area contributed by atoms with Gasteiger partial charge in [0.15, 0.2) is 4.80 Å². The predicted octanol–water partition coefficient (Wildman–Crippen LogP) is 5.31. The number of thiazole rings is 1. The van der Waals surface area contributed by atoms with E-state index in [4.69, 9.17) is 0 Å². The van der Waals surface area contributed by atoms with Crippen LogP contribution in [0, 0.1) is 20.2 Å². The van der Waals surface area contributed by atoms with Crippen LogP contribution < -0.4 is 4.80 Å². The third-order valence-electron chi connectivity index (χ3n) is 4.65. The fourth-order valence-electron chi connectivity index (χ4n) is 3.14. The van der Waals surface area contributed by atoms with Crippen molar-refractivity contribution in [3.63, 3.8) is 0 Å². The highest BCUT2D eigenvalue weighted by molar-refractivity contribution is 7.07. The fourth-order valence-corrected chi connectivity index (χ4v) is 4.06. The number of rotatable bonds is 6. The number of nitrogens with zero attached hydrogens (tertiary/aromatic N) is 4. The van der Waals surface area contributed by atoms with Crippen molar-refractivity contribution < 1.29 is 9.85 Å². The van der Waals surface area contributed by atoms with Crippen molar-refractivity contribution >= 4 is 28.4 Å². The zero-order valence-corrected chi connectivity index (χ0v) is 16.9. The molecule has 4 aromatic rings. The van der Waals surface area contributed by atoms with Crippen LogP contribution in [-0.4, -0.2) is 14.4 Å². The summed E-state index contributed by atoms with van der Waals surface area (Å²) >= 11 is 1.36. The molecule has 0 aliphatic rings. The first-order valence-corrected chi connectivity index (χ1v) is 10.2. The SMILES string of the molecule is O=[N+]([O-])c1ccc(-c2csc(=Nc3ccccc3[N+](=O)[O-])n2Cc2ccccc2)cc1. The highest BCUT2D eigenvalue weighted by Gasteiger charge is 2.14. The molecule has 8 nitrogen and oxygen atoms in total. The van der Waals surface area contributed by atoms with Gasteiger partial charge in [-0.25, -0.2) is 4.99 Å². The molecule has 0 aliphatic heterocycles. The highest BCUT2D eigenvalue weighted by Crippen LogP contribution is 2.27. The zero-order valence-electron chi connectivity index (χ0n) is 16.1. The molecule has 1 aromatic heterocycles. The second-order valence-electron chi connectivity index (χ2n) is 6.64. The van der Waals surface area contributed by atoms with Crippen molar-refractivity contribution in [2.75, 3.05) is 0 Å². The summed E-state index contributed by atoms with van der Waals surface area (Å²) in [5.41, 5.74) is 2.86. The van der Waals surface area contributed by atoms with Gasteiger partial charge >= 0.3 is 0 Å². The maximum Gasteiger partial charge on any atom is 0.294 e. The number of hydrogen-bond donors (Lipinski definition) is 0. The van der Waals surface area contributed by atoms with Gasteiger partial charge in [0.25, 0.3) is 11.4 Å². The largest absolute Gasteiger partial charge is 0.312 e. The molecule has 1 heterocycles. The number of non-ortho nitro benzene ring substituents is 1. The number of aromatic nitrogens is 1. The summed E-state index contributed by atoms with van der Waals surface area (Å²) in [5.74, 6) is 0. The van der Waals surface area contributed by atoms with E-state index < -0.39 is 9.85 Å². The smallest absolute Gasteiger partial charge is 0.294 e. The summed E-state index contributed by atoms with van der Waals surface area (Å²) in [6.45, 7) is 0.496. The van der Waals surface area contributed by atoms with E-state index in [-0.39, 0.29) is 17.1 Å². The van der Waals surface area contributed by atoms with Crippen molar-refractivity contribution in [1.82, 2.24) is 4.57 Å². The van der Waals surface area contributed by atoms with Gasteiger partial charge in [-0.3, -0.25) is 20.2 Å². The number of nitro benzene ring substituents is 2. The van der Waals surface area contributed by atoms with Gasteiger partial charge in [0.05, 0.1) is 22.1 Å². The van der Waals surface area contributed by atoms with Gasteiger partial charge < -0.3 is 4.57 Å². The molecule has 4 rings (SSSR count). The lowest BCUT2D eigenvalue weighted by molar-refractivity contribution is -0.384. The molecule has 0 saturated heterocycles. The van der Waals surface area contributed by atoms with Gasteiger partial charge in [-0.05, 0) is 29.3 Å².